The third-order valence-corrected chi connectivity index (χ3v) is 13.5. The van der Waals surface area contributed by atoms with Crippen LogP contribution in [0, 0.1) is 17.7 Å². The molecule has 0 unspecified atom stereocenters. The Labute approximate surface area is 266 Å². The van der Waals surface area contributed by atoms with E-state index in [9.17, 15) is 52.4 Å². The average Bonchev–Trinajstić information content (AvgIpc) is 3.36. The molecule has 0 radical (unpaired) electrons. The molecule has 2 aliphatic heterocycles. The summed E-state index contributed by atoms with van der Waals surface area (Å²) >= 11 is 0. The van der Waals surface area contributed by atoms with Crippen molar-refractivity contribution in [2.24, 2.45) is 11.8 Å². The second-order valence-electron chi connectivity index (χ2n) is 12.3. The van der Waals surface area contributed by atoms with Gasteiger partial charge in [0.1, 0.15) is 10.6 Å². The molecule has 1 aliphatic carbocycles. The molecule has 2 heterocycles. The fourth-order valence-corrected chi connectivity index (χ4v) is 10.5. The second-order valence-corrected chi connectivity index (χ2v) is 16.5. The predicted octanol–water partition coefficient (Wildman–Crippen LogP) is 4.80. The van der Waals surface area contributed by atoms with Gasteiger partial charge in [-0.15, -0.1) is 0 Å². The number of nitrogens with one attached hydrogen (secondary N) is 1. The van der Waals surface area contributed by atoms with Crippen LogP contribution in [-0.2, 0) is 35.1 Å². The Morgan fingerprint density at radius 3 is 2.00 bits per heavy atom. The zero-order chi connectivity index (χ0) is 35.0. The molecule has 1 saturated heterocycles. The number of amides is 1. The van der Waals surface area contributed by atoms with E-state index in [1.807, 2.05) is 0 Å². The number of carbonyl (C=O) groups is 1. The fraction of sp³-hybridized carbons (Fsp3) is 0.552. The van der Waals surface area contributed by atoms with Crippen LogP contribution < -0.4 is 10.2 Å². The monoisotopic (exact) mass is 717 g/mol. The lowest BCUT2D eigenvalue weighted by Gasteiger charge is -2.46. The van der Waals surface area contributed by atoms with Crippen LogP contribution in [0.1, 0.15) is 36.8 Å². The van der Waals surface area contributed by atoms with Gasteiger partial charge >= 0.3 is 18.0 Å². The Morgan fingerprint density at radius 1 is 0.894 bits per heavy atom. The highest BCUT2D eigenvalue weighted by molar-refractivity contribution is 7.92. The topological polar surface area (TPSA) is 104 Å². The fourth-order valence-electron chi connectivity index (χ4n) is 7.25. The molecule has 8 nitrogen and oxygen atoms in total. The van der Waals surface area contributed by atoms with E-state index in [4.69, 9.17) is 0 Å². The Kier molecular flexibility index (Phi) is 8.69. The summed E-state index contributed by atoms with van der Waals surface area (Å²) in [6.07, 6.45) is -11.5. The largest absolute Gasteiger partial charge is 0.435 e. The maximum Gasteiger partial charge on any atom is 0.435 e. The normalized spacial score (nSPS) is 24.9. The lowest BCUT2D eigenvalue weighted by atomic mass is 9.78. The second kappa shape index (κ2) is 11.6. The SMILES string of the molecule is CN1C[C@H]2[C@H](C(=O)NC3CCN(S(C)(=O)=O)CC3)CC[C@@]2(S(=O)(=O)c2ccc(F)cc2)c2ccc(C(F)(C(F)(F)F)C(F)(F)F)cc21. The summed E-state index contributed by atoms with van der Waals surface area (Å²) in [5.74, 6) is -3.40. The number of anilines is 1. The first-order chi connectivity index (χ1) is 21.6. The van der Waals surface area contributed by atoms with E-state index in [0.29, 0.717) is 6.07 Å². The molecule has 47 heavy (non-hydrogen) atoms. The molecule has 2 aromatic rings. The number of hydrogen-bond acceptors (Lipinski definition) is 6. The van der Waals surface area contributed by atoms with Gasteiger partial charge in [0.25, 0.3) is 0 Å². The van der Waals surface area contributed by atoms with E-state index in [1.165, 1.54) is 16.3 Å². The van der Waals surface area contributed by atoms with Crippen LogP contribution in [-0.4, -0.2) is 78.4 Å². The number of fused-ring (bicyclic) bond motifs is 3. The van der Waals surface area contributed by atoms with Gasteiger partial charge in [0.2, 0.25) is 15.9 Å². The Balaban J connectivity index is 1.59. The number of halogens is 8. The Bertz CT molecular complexity index is 1740. The molecule has 2 aromatic carbocycles. The summed E-state index contributed by atoms with van der Waals surface area (Å²) in [4.78, 5) is 14.5. The minimum absolute atomic E-state index is 0.0493. The van der Waals surface area contributed by atoms with Crippen LogP contribution in [0.5, 0.6) is 0 Å². The third-order valence-electron chi connectivity index (χ3n) is 9.64. The van der Waals surface area contributed by atoms with Crippen molar-refractivity contribution in [3.05, 3.63) is 59.4 Å². The molecule has 3 aliphatic rings. The van der Waals surface area contributed by atoms with E-state index >= 15 is 4.39 Å². The van der Waals surface area contributed by atoms with Gasteiger partial charge in [0, 0.05) is 55.8 Å². The average molecular weight is 718 g/mol. The maximum absolute atomic E-state index is 15.1. The van der Waals surface area contributed by atoms with Crippen molar-refractivity contribution in [1.82, 2.24) is 9.62 Å². The molecule has 0 bridgehead atoms. The maximum atomic E-state index is 15.1. The minimum atomic E-state index is -6.40. The van der Waals surface area contributed by atoms with E-state index in [2.05, 4.69) is 5.32 Å². The van der Waals surface area contributed by atoms with Gasteiger partial charge in [0.15, 0.2) is 9.84 Å². The molecular weight excluding hydrogens is 686 g/mol. The van der Waals surface area contributed by atoms with E-state index in [-0.39, 0.29) is 61.8 Å². The first-order valence-electron chi connectivity index (χ1n) is 14.5. The number of nitrogens with zero attached hydrogens (tertiary/aromatic N) is 2. The van der Waals surface area contributed by atoms with Crippen molar-refractivity contribution in [3.63, 3.8) is 0 Å². The van der Waals surface area contributed by atoms with Gasteiger partial charge in [-0.2, -0.15) is 26.3 Å². The van der Waals surface area contributed by atoms with Gasteiger partial charge in [-0.3, -0.25) is 4.79 Å². The summed E-state index contributed by atoms with van der Waals surface area (Å²) in [6, 6.07) is 4.62. The number of sulfonamides is 1. The number of carbonyl (C=O) groups excluding carboxylic acids is 1. The molecule has 0 spiro atoms. The molecule has 1 amide bonds. The first-order valence-corrected chi connectivity index (χ1v) is 17.8. The number of benzene rings is 2. The predicted molar refractivity (Wildman–Crippen MR) is 154 cm³/mol. The lowest BCUT2D eigenvalue weighted by molar-refractivity contribution is -0.348. The number of rotatable bonds is 6. The van der Waals surface area contributed by atoms with Crippen LogP contribution >= 0.6 is 0 Å². The molecule has 5 rings (SSSR count). The van der Waals surface area contributed by atoms with Gasteiger partial charge in [-0.25, -0.2) is 29.9 Å². The Hall–Kier alpha value is -2.99. The molecule has 260 valence electrons. The molecular formula is C29H31F8N3O5S2. The highest BCUT2D eigenvalue weighted by atomic mass is 32.2. The molecule has 1 saturated carbocycles. The molecule has 18 heteroatoms. The summed E-state index contributed by atoms with van der Waals surface area (Å²) in [7, 11) is -6.79. The van der Waals surface area contributed by atoms with Crippen molar-refractivity contribution in [2.45, 2.75) is 59.4 Å². The number of hydrogen-bond donors (Lipinski definition) is 1. The molecule has 0 aromatic heterocycles. The quantitative estimate of drug-likeness (QED) is 0.341. The van der Waals surface area contributed by atoms with E-state index in [0.717, 1.165) is 36.6 Å². The zero-order valence-electron chi connectivity index (χ0n) is 25.0. The third kappa shape index (κ3) is 5.66. The highest BCUT2D eigenvalue weighted by Gasteiger charge is 2.74. The summed E-state index contributed by atoms with van der Waals surface area (Å²) in [5, 5.41) is 2.86. The smallest absolute Gasteiger partial charge is 0.374 e. The van der Waals surface area contributed by atoms with Crippen molar-refractivity contribution in [2.75, 3.05) is 37.8 Å². The van der Waals surface area contributed by atoms with Crippen molar-refractivity contribution >= 4 is 31.5 Å². The van der Waals surface area contributed by atoms with Gasteiger partial charge in [-0.1, -0.05) is 12.1 Å². The zero-order valence-corrected chi connectivity index (χ0v) is 26.6. The van der Waals surface area contributed by atoms with Crippen molar-refractivity contribution in [1.29, 1.82) is 0 Å². The Morgan fingerprint density at radius 2 is 1.47 bits per heavy atom. The van der Waals surface area contributed by atoms with Crippen LogP contribution in [0.25, 0.3) is 0 Å². The summed E-state index contributed by atoms with van der Waals surface area (Å²) in [6.45, 7) is -0.0327. The van der Waals surface area contributed by atoms with Gasteiger partial charge in [-0.05, 0) is 61.6 Å². The highest BCUT2D eigenvalue weighted by Crippen LogP contribution is 2.61. The van der Waals surface area contributed by atoms with Crippen LogP contribution in [0.2, 0.25) is 0 Å². The van der Waals surface area contributed by atoms with Gasteiger partial charge in [0.05, 0.1) is 11.2 Å². The summed E-state index contributed by atoms with van der Waals surface area (Å²) < 4.78 is 163. The van der Waals surface area contributed by atoms with Crippen molar-refractivity contribution in [3.8, 4) is 0 Å². The van der Waals surface area contributed by atoms with Crippen LogP contribution in [0.4, 0.5) is 40.8 Å². The molecule has 3 atom stereocenters. The first kappa shape index (κ1) is 35.3. The summed E-state index contributed by atoms with van der Waals surface area (Å²) in [5.41, 5.74) is -8.16. The van der Waals surface area contributed by atoms with Crippen LogP contribution in [0.3, 0.4) is 0 Å². The molecule has 2 fully saturated rings. The number of piperidine rings is 1. The van der Waals surface area contributed by atoms with Crippen LogP contribution in [0.15, 0.2) is 47.4 Å². The number of alkyl halides is 7. The van der Waals surface area contributed by atoms with Crippen molar-refractivity contribution < 1.29 is 56.8 Å². The minimum Gasteiger partial charge on any atom is -0.374 e. The van der Waals surface area contributed by atoms with E-state index in [1.54, 1.807) is 0 Å². The van der Waals surface area contributed by atoms with Gasteiger partial charge < -0.3 is 10.2 Å². The molecule has 1 N–H and O–H groups in total. The lowest BCUT2D eigenvalue weighted by Crippen LogP contribution is -2.54. The van der Waals surface area contributed by atoms with E-state index < -0.39 is 83.5 Å². The number of sulfone groups is 1. The standard InChI is InChI=1S/C29H31F8N3O5S2/c1-39-16-23-21(25(41)38-19-10-13-40(14-11-19)46(2,42)43)9-12-26(23,47(44,45)20-6-4-18(30)5-7-20)22-8-3-17(15-24(22)39)27(31,28(32,33)34)29(35,36)37/h3-8,15,19,21,23H,9-14,16H2,1-2H3,(H,38,41)/t21-,23+,26-/m1/s1.